The molecule has 8 heteroatoms. The fraction of sp³-hybridized carbons (Fsp3) is 0.385. The van der Waals surface area contributed by atoms with Gasteiger partial charge in [-0.2, -0.15) is 0 Å². The molecule has 21 heavy (non-hydrogen) atoms. The predicted molar refractivity (Wildman–Crippen MR) is 75.0 cm³/mol. The first kappa shape index (κ1) is 15.7. The zero-order valence-corrected chi connectivity index (χ0v) is 12.4. The number of anilines is 1. The minimum atomic E-state index is -0.898. The van der Waals surface area contributed by atoms with Gasteiger partial charge >= 0.3 is 12.0 Å². The molecule has 5 nitrogen and oxygen atoms in total. The molecule has 2 amide bonds. The smallest absolute Gasteiger partial charge is 0.319 e. The number of amides is 2. The molecule has 1 fully saturated rings. The summed E-state index contributed by atoms with van der Waals surface area (Å²) in [7, 11) is 0. The van der Waals surface area contributed by atoms with E-state index in [2.05, 4.69) is 26.6 Å². The first-order chi connectivity index (χ1) is 9.86. The Labute approximate surface area is 127 Å². The highest BCUT2D eigenvalue weighted by molar-refractivity contribution is 9.10. The van der Waals surface area contributed by atoms with Gasteiger partial charge in [0.05, 0.1) is 5.92 Å². The van der Waals surface area contributed by atoms with Crippen molar-refractivity contribution in [2.75, 3.05) is 5.32 Å². The molecule has 1 aromatic rings. The summed E-state index contributed by atoms with van der Waals surface area (Å²) in [5.41, 5.74) is -0.538. The highest BCUT2D eigenvalue weighted by Gasteiger charge is 2.30. The molecular formula is C13H13BrF2N2O3. The Kier molecular flexibility index (Phi) is 4.76. The lowest BCUT2D eigenvalue weighted by Crippen LogP contribution is -2.37. The standard InChI is InChI=1S/C13H13BrF2N2O3/c14-7-4-9(15)11(10(16)5-7)18-13(21)17-8-2-1-6(3-8)12(19)20/h4-6,8H,1-3H2,(H,19,20)(H2,17,18,21). The van der Waals surface area contributed by atoms with E-state index in [1.54, 1.807) is 0 Å². The van der Waals surface area contributed by atoms with Crippen LogP contribution >= 0.6 is 15.9 Å². The Bertz CT molecular complexity index is 560. The average Bonchev–Trinajstić information content (AvgIpc) is 2.82. The molecule has 3 N–H and O–H groups in total. The fourth-order valence-electron chi connectivity index (χ4n) is 2.33. The third-order valence-corrected chi connectivity index (χ3v) is 3.82. The van der Waals surface area contributed by atoms with Gasteiger partial charge in [0, 0.05) is 10.5 Å². The van der Waals surface area contributed by atoms with Crippen molar-refractivity contribution in [3.63, 3.8) is 0 Å². The number of halogens is 3. The molecule has 2 unspecified atom stereocenters. The van der Waals surface area contributed by atoms with E-state index in [4.69, 9.17) is 5.11 Å². The maximum atomic E-state index is 13.6. The van der Waals surface area contributed by atoms with Crippen LogP contribution in [0.4, 0.5) is 19.3 Å². The quantitative estimate of drug-likeness (QED) is 0.772. The first-order valence-electron chi connectivity index (χ1n) is 6.31. The maximum absolute atomic E-state index is 13.6. The van der Waals surface area contributed by atoms with Gasteiger partial charge in [0.15, 0.2) is 11.6 Å². The molecule has 0 spiro atoms. The molecule has 1 aliphatic rings. The number of carbonyl (C=O) groups is 2. The SMILES string of the molecule is O=C(Nc1c(F)cc(Br)cc1F)NC1CCC(C(=O)O)C1. The van der Waals surface area contributed by atoms with Crippen LogP contribution in [0.2, 0.25) is 0 Å². The van der Waals surface area contributed by atoms with Crippen LogP contribution in [0.25, 0.3) is 0 Å². The van der Waals surface area contributed by atoms with Crippen LogP contribution in [0.15, 0.2) is 16.6 Å². The molecule has 1 aliphatic carbocycles. The summed E-state index contributed by atoms with van der Waals surface area (Å²) in [5.74, 6) is -3.18. The molecule has 2 rings (SSSR count). The molecule has 0 heterocycles. The van der Waals surface area contributed by atoms with Gasteiger partial charge in [-0.1, -0.05) is 15.9 Å². The monoisotopic (exact) mass is 362 g/mol. The van der Waals surface area contributed by atoms with Crippen LogP contribution in [0.3, 0.4) is 0 Å². The Morgan fingerprint density at radius 2 is 1.86 bits per heavy atom. The van der Waals surface area contributed by atoms with E-state index in [0.717, 1.165) is 12.1 Å². The average molecular weight is 363 g/mol. The summed E-state index contributed by atoms with van der Waals surface area (Å²) in [6.07, 6.45) is 1.31. The van der Waals surface area contributed by atoms with Crippen molar-refractivity contribution in [3.8, 4) is 0 Å². The highest BCUT2D eigenvalue weighted by Crippen LogP contribution is 2.26. The molecule has 0 bridgehead atoms. The molecule has 114 valence electrons. The predicted octanol–water partition coefficient (Wildman–Crippen LogP) is 3.10. The van der Waals surface area contributed by atoms with Gasteiger partial charge in [-0.3, -0.25) is 4.79 Å². The van der Waals surface area contributed by atoms with Crippen LogP contribution in [-0.2, 0) is 4.79 Å². The van der Waals surface area contributed by atoms with Gasteiger partial charge in [-0.15, -0.1) is 0 Å². The van der Waals surface area contributed by atoms with Crippen molar-refractivity contribution in [2.24, 2.45) is 5.92 Å². The van der Waals surface area contributed by atoms with Gasteiger partial charge in [0.1, 0.15) is 5.69 Å². The largest absolute Gasteiger partial charge is 0.481 e. The number of benzene rings is 1. The van der Waals surface area contributed by atoms with Crippen LogP contribution in [0.5, 0.6) is 0 Å². The summed E-state index contributed by atoms with van der Waals surface area (Å²) in [5, 5.41) is 13.5. The van der Waals surface area contributed by atoms with Gasteiger partial charge in [-0.25, -0.2) is 13.6 Å². The lowest BCUT2D eigenvalue weighted by atomic mass is 10.1. The molecule has 2 atom stereocenters. The van der Waals surface area contributed by atoms with Crippen molar-refractivity contribution in [2.45, 2.75) is 25.3 Å². The maximum Gasteiger partial charge on any atom is 0.319 e. The topological polar surface area (TPSA) is 78.4 Å². The Balaban J connectivity index is 1.96. The normalized spacial score (nSPS) is 21.1. The summed E-state index contributed by atoms with van der Waals surface area (Å²) < 4.78 is 27.4. The lowest BCUT2D eigenvalue weighted by molar-refractivity contribution is -0.141. The number of carboxylic acids is 1. The summed E-state index contributed by atoms with van der Waals surface area (Å²) in [6, 6.07) is 1.00. The van der Waals surface area contributed by atoms with Crippen LogP contribution in [0.1, 0.15) is 19.3 Å². The second kappa shape index (κ2) is 6.38. The molecular weight excluding hydrogens is 350 g/mol. The summed E-state index contributed by atoms with van der Waals surface area (Å²) in [4.78, 5) is 22.5. The minimum Gasteiger partial charge on any atom is -0.481 e. The van der Waals surface area contributed by atoms with Crippen LogP contribution < -0.4 is 10.6 Å². The van der Waals surface area contributed by atoms with Gasteiger partial charge in [-0.05, 0) is 31.4 Å². The number of carboxylic acid groups (broad SMARTS) is 1. The zero-order valence-electron chi connectivity index (χ0n) is 10.8. The third kappa shape index (κ3) is 3.90. The molecule has 0 saturated heterocycles. The third-order valence-electron chi connectivity index (χ3n) is 3.36. The number of urea groups is 1. The van der Waals surface area contributed by atoms with E-state index in [-0.39, 0.29) is 10.5 Å². The van der Waals surface area contributed by atoms with Crippen molar-refractivity contribution in [1.82, 2.24) is 5.32 Å². The fourth-order valence-corrected chi connectivity index (χ4v) is 2.74. The van der Waals surface area contributed by atoms with Crippen molar-refractivity contribution >= 4 is 33.6 Å². The highest BCUT2D eigenvalue weighted by atomic mass is 79.9. The van der Waals surface area contributed by atoms with Gasteiger partial charge in [0.25, 0.3) is 0 Å². The van der Waals surface area contributed by atoms with Crippen molar-refractivity contribution in [3.05, 3.63) is 28.2 Å². The van der Waals surface area contributed by atoms with Gasteiger partial charge < -0.3 is 15.7 Å². The van der Waals surface area contributed by atoms with Crippen molar-refractivity contribution < 1.29 is 23.5 Å². The number of hydrogen-bond acceptors (Lipinski definition) is 2. The van der Waals surface area contributed by atoms with E-state index in [1.807, 2.05) is 0 Å². The number of carbonyl (C=O) groups excluding carboxylic acids is 1. The van der Waals surface area contributed by atoms with E-state index in [9.17, 15) is 18.4 Å². The second-order valence-corrected chi connectivity index (χ2v) is 5.80. The van der Waals surface area contributed by atoms with Crippen LogP contribution in [-0.4, -0.2) is 23.1 Å². The molecule has 0 aromatic heterocycles. The lowest BCUT2D eigenvalue weighted by Gasteiger charge is -2.14. The molecule has 0 aliphatic heterocycles. The number of nitrogens with one attached hydrogen (secondary N) is 2. The Morgan fingerprint density at radius 3 is 2.38 bits per heavy atom. The second-order valence-electron chi connectivity index (χ2n) is 4.89. The summed E-state index contributed by atoms with van der Waals surface area (Å²) >= 11 is 2.94. The Morgan fingerprint density at radius 1 is 1.24 bits per heavy atom. The van der Waals surface area contributed by atoms with E-state index >= 15 is 0 Å². The van der Waals surface area contributed by atoms with E-state index in [0.29, 0.717) is 19.3 Å². The van der Waals surface area contributed by atoms with E-state index < -0.39 is 35.2 Å². The molecule has 1 aromatic carbocycles. The Hall–Kier alpha value is -1.70. The molecule has 1 saturated carbocycles. The molecule has 0 radical (unpaired) electrons. The first-order valence-corrected chi connectivity index (χ1v) is 7.11. The van der Waals surface area contributed by atoms with Crippen molar-refractivity contribution in [1.29, 1.82) is 0 Å². The van der Waals surface area contributed by atoms with Gasteiger partial charge in [0.2, 0.25) is 0 Å². The van der Waals surface area contributed by atoms with E-state index in [1.165, 1.54) is 0 Å². The van der Waals surface area contributed by atoms with Crippen LogP contribution in [0, 0.1) is 17.6 Å². The minimum absolute atomic E-state index is 0.226. The summed E-state index contributed by atoms with van der Waals surface area (Å²) in [6.45, 7) is 0. The zero-order chi connectivity index (χ0) is 15.6. The number of aliphatic carboxylic acids is 1. The number of hydrogen-bond donors (Lipinski definition) is 3. The number of rotatable bonds is 3.